The van der Waals surface area contributed by atoms with E-state index in [1.165, 1.54) is 16.9 Å². The Balaban J connectivity index is 1.69. The highest BCUT2D eigenvalue weighted by Crippen LogP contribution is 2.30. The second-order valence-corrected chi connectivity index (χ2v) is 7.68. The molecular formula is C21H22F3N3OS. The molecular weight excluding hydrogens is 399 g/mol. The lowest BCUT2D eigenvalue weighted by Gasteiger charge is -2.09. The average Bonchev–Trinajstić information content (AvgIpc) is 3.06. The maximum absolute atomic E-state index is 12.7. The summed E-state index contributed by atoms with van der Waals surface area (Å²) in [5.41, 5.74) is 2.41. The smallest absolute Gasteiger partial charge is 0.416 e. The van der Waals surface area contributed by atoms with E-state index in [4.69, 9.17) is 4.74 Å². The highest BCUT2D eigenvalue weighted by atomic mass is 32.2. The number of hydrogen-bond acceptors (Lipinski definition) is 4. The summed E-state index contributed by atoms with van der Waals surface area (Å²) in [6, 6.07) is 10.9. The van der Waals surface area contributed by atoms with Gasteiger partial charge in [-0.2, -0.15) is 28.2 Å². The van der Waals surface area contributed by atoms with Gasteiger partial charge in [0.05, 0.1) is 29.2 Å². The van der Waals surface area contributed by atoms with Gasteiger partial charge in [0.1, 0.15) is 5.75 Å². The van der Waals surface area contributed by atoms with E-state index in [0.717, 1.165) is 46.1 Å². The summed E-state index contributed by atoms with van der Waals surface area (Å²) in [6.07, 6.45) is -3.40. The average molecular weight is 421 g/mol. The molecule has 4 nitrogen and oxygen atoms in total. The predicted molar refractivity (Wildman–Crippen MR) is 108 cm³/mol. The third-order valence-corrected chi connectivity index (χ3v) is 5.29. The summed E-state index contributed by atoms with van der Waals surface area (Å²) in [6.45, 7) is 6.62. The zero-order chi connectivity index (χ0) is 21.0. The molecule has 0 aliphatic carbocycles. The lowest BCUT2D eigenvalue weighted by atomic mass is 10.2. The van der Waals surface area contributed by atoms with Crippen LogP contribution in [0.3, 0.4) is 0 Å². The molecule has 29 heavy (non-hydrogen) atoms. The Morgan fingerprint density at radius 2 is 1.76 bits per heavy atom. The molecule has 0 aliphatic heterocycles. The van der Waals surface area contributed by atoms with E-state index in [-0.39, 0.29) is 0 Å². The van der Waals surface area contributed by atoms with Gasteiger partial charge in [0.15, 0.2) is 0 Å². The lowest BCUT2D eigenvalue weighted by molar-refractivity contribution is -0.137. The van der Waals surface area contributed by atoms with Crippen molar-refractivity contribution in [2.75, 3.05) is 6.61 Å². The highest BCUT2D eigenvalue weighted by Gasteiger charge is 2.30. The number of rotatable bonds is 7. The molecule has 0 amide bonds. The van der Waals surface area contributed by atoms with Crippen molar-refractivity contribution >= 4 is 11.8 Å². The maximum atomic E-state index is 12.7. The minimum absolute atomic E-state index is 0.491. The molecule has 0 spiro atoms. The Morgan fingerprint density at radius 3 is 2.38 bits per heavy atom. The number of aromatic nitrogens is 3. The van der Waals surface area contributed by atoms with E-state index >= 15 is 0 Å². The largest absolute Gasteiger partial charge is 0.493 e. The van der Waals surface area contributed by atoms with Crippen molar-refractivity contribution in [1.29, 1.82) is 0 Å². The van der Waals surface area contributed by atoms with E-state index in [1.54, 1.807) is 11.8 Å². The van der Waals surface area contributed by atoms with Crippen LogP contribution in [0.1, 0.15) is 35.9 Å². The fourth-order valence-electron chi connectivity index (χ4n) is 2.68. The highest BCUT2D eigenvalue weighted by molar-refractivity contribution is 7.98. The van der Waals surface area contributed by atoms with Crippen LogP contribution in [0.5, 0.6) is 5.75 Å². The molecule has 1 heterocycles. The van der Waals surface area contributed by atoms with E-state index < -0.39 is 11.7 Å². The van der Waals surface area contributed by atoms with Gasteiger partial charge in [-0.05, 0) is 68.3 Å². The van der Waals surface area contributed by atoms with Crippen molar-refractivity contribution in [2.24, 2.45) is 0 Å². The molecule has 154 valence electrons. The lowest BCUT2D eigenvalue weighted by Crippen LogP contribution is -2.06. The minimum Gasteiger partial charge on any atom is -0.493 e. The molecule has 3 rings (SSSR count). The van der Waals surface area contributed by atoms with Gasteiger partial charge in [-0.1, -0.05) is 6.92 Å². The Morgan fingerprint density at radius 1 is 1.03 bits per heavy atom. The first kappa shape index (κ1) is 21.2. The van der Waals surface area contributed by atoms with Crippen molar-refractivity contribution in [1.82, 2.24) is 15.0 Å². The van der Waals surface area contributed by atoms with Crippen LogP contribution in [0, 0.1) is 13.8 Å². The zero-order valence-corrected chi connectivity index (χ0v) is 17.3. The van der Waals surface area contributed by atoms with Gasteiger partial charge in [0, 0.05) is 10.6 Å². The molecule has 0 aliphatic rings. The van der Waals surface area contributed by atoms with Gasteiger partial charge < -0.3 is 4.74 Å². The topological polar surface area (TPSA) is 39.9 Å². The fraction of sp³-hybridized carbons (Fsp3) is 0.333. The first-order chi connectivity index (χ1) is 13.8. The van der Waals surface area contributed by atoms with E-state index in [9.17, 15) is 13.2 Å². The van der Waals surface area contributed by atoms with E-state index in [0.29, 0.717) is 18.0 Å². The molecule has 0 saturated carbocycles. The second-order valence-electron chi connectivity index (χ2n) is 6.63. The summed E-state index contributed by atoms with van der Waals surface area (Å²) in [4.78, 5) is 2.47. The van der Waals surface area contributed by atoms with Crippen LogP contribution in [0.25, 0.3) is 5.69 Å². The SMILES string of the molecule is CCCOc1ccc(SCc2nn(-c3ccc(C(F)(F)F)cc3)nc2C)cc1C. The Hall–Kier alpha value is -2.48. The van der Waals surface area contributed by atoms with Crippen molar-refractivity contribution in [3.63, 3.8) is 0 Å². The van der Waals surface area contributed by atoms with Crippen molar-refractivity contribution in [3.05, 3.63) is 65.0 Å². The summed E-state index contributed by atoms with van der Waals surface area (Å²) >= 11 is 1.63. The first-order valence-corrected chi connectivity index (χ1v) is 10.2. The second kappa shape index (κ2) is 8.90. The van der Waals surface area contributed by atoms with Gasteiger partial charge in [-0.15, -0.1) is 11.8 Å². The minimum atomic E-state index is -4.36. The monoisotopic (exact) mass is 421 g/mol. The quantitative estimate of drug-likeness (QED) is 0.440. The maximum Gasteiger partial charge on any atom is 0.416 e. The Kier molecular flexibility index (Phi) is 6.52. The fourth-order valence-corrected chi connectivity index (χ4v) is 3.67. The summed E-state index contributed by atoms with van der Waals surface area (Å²) < 4.78 is 43.9. The molecule has 8 heteroatoms. The zero-order valence-electron chi connectivity index (χ0n) is 16.5. The van der Waals surface area contributed by atoms with Crippen molar-refractivity contribution in [2.45, 2.75) is 44.0 Å². The number of halogens is 3. The number of hydrogen-bond donors (Lipinski definition) is 0. The van der Waals surface area contributed by atoms with Crippen LogP contribution < -0.4 is 4.74 Å². The Bertz CT molecular complexity index is 968. The normalized spacial score (nSPS) is 11.7. The van der Waals surface area contributed by atoms with Crippen molar-refractivity contribution in [3.8, 4) is 11.4 Å². The molecule has 0 atom stereocenters. The third kappa shape index (κ3) is 5.32. The number of nitrogens with zero attached hydrogens (tertiary/aromatic N) is 3. The van der Waals surface area contributed by atoms with Gasteiger partial charge in [-0.3, -0.25) is 0 Å². The first-order valence-electron chi connectivity index (χ1n) is 9.24. The summed E-state index contributed by atoms with van der Waals surface area (Å²) in [5, 5.41) is 8.79. The van der Waals surface area contributed by atoms with Crippen LogP contribution in [0.4, 0.5) is 13.2 Å². The van der Waals surface area contributed by atoms with Gasteiger partial charge in [-0.25, -0.2) is 0 Å². The van der Waals surface area contributed by atoms with Gasteiger partial charge in [0.2, 0.25) is 0 Å². The van der Waals surface area contributed by atoms with E-state index in [2.05, 4.69) is 23.2 Å². The standard InChI is InChI=1S/C21H22F3N3OS/c1-4-11-28-20-10-9-18(12-14(20)2)29-13-19-15(3)25-27(26-19)17-7-5-16(6-8-17)21(22,23)24/h5-10,12H,4,11,13H2,1-3H3. The third-order valence-electron chi connectivity index (χ3n) is 4.29. The number of aryl methyl sites for hydroxylation is 2. The predicted octanol–water partition coefficient (Wildman–Crippen LogP) is 5.98. The van der Waals surface area contributed by atoms with Gasteiger partial charge >= 0.3 is 6.18 Å². The molecule has 0 fully saturated rings. The molecule has 0 saturated heterocycles. The number of thioether (sulfide) groups is 1. The van der Waals surface area contributed by atoms with Gasteiger partial charge in [0.25, 0.3) is 0 Å². The molecule has 3 aromatic rings. The molecule has 2 aromatic carbocycles. The number of alkyl halides is 3. The van der Waals surface area contributed by atoms with Crippen LogP contribution in [0.15, 0.2) is 47.4 Å². The molecule has 0 unspecified atom stereocenters. The number of benzene rings is 2. The summed E-state index contributed by atoms with van der Waals surface area (Å²) in [5.74, 6) is 1.50. The molecule has 0 N–H and O–H groups in total. The van der Waals surface area contributed by atoms with Crippen LogP contribution in [0.2, 0.25) is 0 Å². The summed E-state index contributed by atoms with van der Waals surface area (Å²) in [7, 11) is 0. The van der Waals surface area contributed by atoms with E-state index in [1.807, 2.05) is 26.0 Å². The Labute approximate surface area is 172 Å². The van der Waals surface area contributed by atoms with Crippen LogP contribution in [-0.2, 0) is 11.9 Å². The molecule has 1 aromatic heterocycles. The van der Waals surface area contributed by atoms with Crippen LogP contribution in [-0.4, -0.2) is 21.6 Å². The molecule has 0 bridgehead atoms. The number of ether oxygens (including phenoxy) is 1. The molecule has 0 radical (unpaired) electrons. The van der Waals surface area contributed by atoms with Crippen molar-refractivity contribution < 1.29 is 17.9 Å². The van der Waals surface area contributed by atoms with Crippen LogP contribution >= 0.6 is 11.8 Å².